The van der Waals surface area contributed by atoms with Crippen LogP contribution in [0.15, 0.2) is 0 Å². The van der Waals surface area contributed by atoms with Gasteiger partial charge in [0.25, 0.3) is 0 Å². The molecule has 0 amide bonds. The smallest absolute Gasteiger partial charge is 2.00 e. The fourth-order valence-electron chi connectivity index (χ4n) is 0. The van der Waals surface area contributed by atoms with Crippen LogP contribution in [0.1, 0.15) is 0 Å². The molecular weight excluding hydrogens is 692 g/mol. The van der Waals surface area contributed by atoms with Crippen LogP contribution in [0.5, 0.6) is 0 Å². The molecule has 0 spiro atoms. The summed E-state index contributed by atoms with van der Waals surface area (Å²) in [6.07, 6.45) is 0. The van der Waals surface area contributed by atoms with Crippen molar-refractivity contribution >= 4 is 91.0 Å². The molecule has 0 aromatic carbocycles. The Bertz CT molecular complexity index is 22.5. The van der Waals surface area contributed by atoms with Crippen molar-refractivity contribution in [2.45, 2.75) is 0 Å². The van der Waals surface area contributed by atoms with Gasteiger partial charge in [0.15, 0.2) is 0 Å². The SMILES string of the molecule is [Cu+2].[Cu+2].[La+3].[La+3].[O-2].[O-2].[O-2].[O-2].[O-2].[O-2].[O-2].[Sr+2].[Sr+2]. The number of hydrogen-bond acceptors (Lipinski definition) is 0. The van der Waals surface area contributed by atoms with E-state index < -0.39 is 0 Å². The Balaban J connectivity index is 0. The Morgan fingerprint density at radius 1 is 0.308 bits per heavy atom. The predicted molar refractivity (Wildman–Crippen MR) is 16.3 cm³/mol. The second kappa shape index (κ2) is 142. The van der Waals surface area contributed by atoms with Gasteiger partial charge in [0, 0.05) is 0 Å². The monoisotopic (exact) mass is 691 g/mol. The van der Waals surface area contributed by atoms with E-state index in [2.05, 4.69) is 0 Å². The van der Waals surface area contributed by atoms with Crippen LogP contribution in [0.2, 0.25) is 0 Å². The molecule has 0 aliphatic rings. The van der Waals surface area contributed by atoms with E-state index in [1.807, 2.05) is 0 Å². The summed E-state index contributed by atoms with van der Waals surface area (Å²) in [7, 11) is 0. The molecule has 13 heteroatoms. The summed E-state index contributed by atoms with van der Waals surface area (Å²) in [5.41, 5.74) is 0. The Morgan fingerprint density at radius 2 is 0.308 bits per heavy atom. The molecule has 0 fully saturated rings. The van der Waals surface area contributed by atoms with Crippen molar-refractivity contribution in [1.29, 1.82) is 0 Å². The fraction of sp³-hybridized carbons (Fsp3) is 0. The van der Waals surface area contributed by atoms with Gasteiger partial charge in [-0.25, -0.2) is 0 Å². The molecule has 0 saturated carbocycles. The molecule has 0 rings (SSSR count). The third-order valence-corrected chi connectivity index (χ3v) is 0. The molecule has 0 atom stereocenters. The van der Waals surface area contributed by atoms with Crippen molar-refractivity contribution in [3.8, 4) is 0 Å². The van der Waals surface area contributed by atoms with Crippen molar-refractivity contribution in [2.24, 2.45) is 0 Å². The maximum Gasteiger partial charge on any atom is 3.00 e. The molecule has 2 radical (unpaired) electrons. The Hall–Kier alpha value is 6.11. The summed E-state index contributed by atoms with van der Waals surface area (Å²) in [4.78, 5) is 0. The van der Waals surface area contributed by atoms with Gasteiger partial charge in [-0.3, -0.25) is 0 Å². The van der Waals surface area contributed by atoms with E-state index in [9.17, 15) is 0 Å². The first-order chi connectivity index (χ1) is 0. The van der Waals surface area contributed by atoms with Crippen molar-refractivity contribution < 1.29 is 144 Å². The van der Waals surface area contributed by atoms with Crippen LogP contribution in [0.3, 0.4) is 0 Å². The van der Waals surface area contributed by atoms with Crippen LogP contribution in [-0.2, 0) is 72.5 Å². The molecule has 0 unspecified atom stereocenters. The van der Waals surface area contributed by atoms with Crippen LogP contribution in [-0.4, -0.2) is 91.0 Å². The van der Waals surface area contributed by atoms with Crippen LogP contribution in [0, 0.1) is 71.2 Å². The van der Waals surface area contributed by atoms with Gasteiger partial charge in [-0.2, -0.15) is 0 Å². The molecule has 7 nitrogen and oxygen atoms in total. The van der Waals surface area contributed by atoms with Gasteiger partial charge < -0.3 is 38.3 Å². The molecule has 0 bridgehead atoms. The normalized spacial score (nSPS) is 0. The minimum atomic E-state index is 0. The summed E-state index contributed by atoms with van der Waals surface area (Å²) in [6.45, 7) is 0. The second-order valence-corrected chi connectivity index (χ2v) is 0. The van der Waals surface area contributed by atoms with E-state index in [0.29, 0.717) is 0 Å². The summed E-state index contributed by atoms with van der Waals surface area (Å²) in [6, 6.07) is 0. The first-order valence-electron chi connectivity index (χ1n) is 0. The number of hydrogen-bond donors (Lipinski definition) is 0. The molecule has 74 valence electrons. The van der Waals surface area contributed by atoms with Crippen molar-refractivity contribution in [2.75, 3.05) is 0 Å². The molecule has 0 N–H and O–H groups in total. The first-order valence-corrected chi connectivity index (χ1v) is 0. The second-order valence-electron chi connectivity index (χ2n) is 0. The summed E-state index contributed by atoms with van der Waals surface area (Å²) in [5, 5.41) is 0. The Morgan fingerprint density at radius 3 is 0.308 bits per heavy atom. The van der Waals surface area contributed by atoms with Crippen molar-refractivity contribution in [3.05, 3.63) is 0 Å². The Labute approximate surface area is 228 Å². The molecular formula is Cu2La2O7Sr2. The fourth-order valence-corrected chi connectivity index (χ4v) is 0. The van der Waals surface area contributed by atoms with Gasteiger partial charge in [-0.05, 0) is 0 Å². The predicted octanol–water partition coefficient (Wildman–Crippen LogP) is -1.60. The van der Waals surface area contributed by atoms with Crippen LogP contribution >= 0.6 is 0 Å². The van der Waals surface area contributed by atoms with E-state index in [4.69, 9.17) is 0 Å². The standard InChI is InChI=1S/2Cu.2La.7O.2Sr/q2*+2;2*+3;7*-2;2*+2. The van der Waals surface area contributed by atoms with Crippen LogP contribution in [0.4, 0.5) is 0 Å². The van der Waals surface area contributed by atoms with Gasteiger partial charge in [-0.15, -0.1) is 0 Å². The first kappa shape index (κ1) is 168. The topological polar surface area (TPSA) is 200 Å². The van der Waals surface area contributed by atoms with Gasteiger partial charge in [0.2, 0.25) is 0 Å². The minimum Gasteiger partial charge on any atom is -2.00 e. The number of rotatable bonds is 0. The Kier molecular flexibility index (Phi) is 1830. The minimum absolute atomic E-state index is 0. The summed E-state index contributed by atoms with van der Waals surface area (Å²) >= 11 is 0. The maximum absolute atomic E-state index is 0. The van der Waals surface area contributed by atoms with E-state index in [0.717, 1.165) is 0 Å². The van der Waals surface area contributed by atoms with Gasteiger partial charge >= 0.3 is 196 Å². The van der Waals surface area contributed by atoms with Gasteiger partial charge in [-0.1, -0.05) is 0 Å². The maximum atomic E-state index is 0. The van der Waals surface area contributed by atoms with E-state index in [-0.39, 0.29) is 235 Å². The molecule has 0 aromatic rings. The third-order valence-electron chi connectivity index (χ3n) is 0. The van der Waals surface area contributed by atoms with Crippen molar-refractivity contribution in [3.63, 3.8) is 0 Å². The summed E-state index contributed by atoms with van der Waals surface area (Å²) in [5.74, 6) is 0. The molecule has 0 aromatic heterocycles. The average molecular weight is 692 g/mol. The molecule has 0 aliphatic carbocycles. The van der Waals surface area contributed by atoms with Gasteiger partial charge in [0.1, 0.15) is 0 Å². The summed E-state index contributed by atoms with van der Waals surface area (Å²) < 4.78 is 0. The zero-order valence-electron chi connectivity index (χ0n) is 6.03. The quantitative estimate of drug-likeness (QED) is 0.264. The zero-order valence-corrected chi connectivity index (χ0v) is 22.1. The largest absolute Gasteiger partial charge is 3.00 e. The van der Waals surface area contributed by atoms with E-state index in [1.165, 1.54) is 0 Å². The molecule has 13 heavy (non-hydrogen) atoms. The van der Waals surface area contributed by atoms with E-state index >= 15 is 0 Å². The zero-order chi connectivity index (χ0) is 0. The van der Waals surface area contributed by atoms with Crippen LogP contribution in [0.25, 0.3) is 0 Å². The third kappa shape index (κ3) is 126. The van der Waals surface area contributed by atoms with Crippen LogP contribution < -0.4 is 0 Å². The molecule has 0 saturated heterocycles. The van der Waals surface area contributed by atoms with Crippen molar-refractivity contribution in [1.82, 2.24) is 0 Å². The average Bonchev–Trinajstić information content (AvgIpc) is 0. The van der Waals surface area contributed by atoms with E-state index in [1.54, 1.807) is 0 Å². The molecule has 0 heterocycles. The van der Waals surface area contributed by atoms with Gasteiger partial charge in [0.05, 0.1) is 0 Å². The molecule has 0 aliphatic heterocycles.